The molecule has 0 saturated heterocycles. The number of hydrazone groups is 1. The first kappa shape index (κ1) is 17.5. The average Bonchev–Trinajstić information content (AvgIpc) is 3.05. The van der Waals surface area contributed by atoms with Gasteiger partial charge in [0.1, 0.15) is 17.2 Å². The monoisotopic (exact) mass is 384 g/mol. The molecule has 1 aliphatic carbocycles. The summed E-state index contributed by atoms with van der Waals surface area (Å²) in [5.74, 6) is -0.769. The molecular weight excluding hydrogens is 367 g/mol. The maximum absolute atomic E-state index is 12.9. The molecule has 0 saturated carbocycles. The van der Waals surface area contributed by atoms with Crippen molar-refractivity contribution in [1.29, 1.82) is 0 Å². The Morgan fingerprint density at radius 3 is 2.89 bits per heavy atom. The molecule has 2 aromatic heterocycles. The number of fused-ring (bicyclic) bond motifs is 3. The molecular formula is C19H17FN4O2S. The van der Waals surface area contributed by atoms with Gasteiger partial charge in [-0.1, -0.05) is 12.1 Å². The Kier molecular flexibility index (Phi) is 4.81. The number of hydrogen-bond acceptors (Lipinski definition) is 5. The van der Waals surface area contributed by atoms with Crippen molar-refractivity contribution >= 4 is 33.7 Å². The summed E-state index contributed by atoms with van der Waals surface area (Å²) in [6, 6.07) is 5.72. The Morgan fingerprint density at radius 1 is 1.30 bits per heavy atom. The quantitative estimate of drug-likeness (QED) is 0.555. The van der Waals surface area contributed by atoms with Crippen molar-refractivity contribution < 1.29 is 9.18 Å². The smallest absolute Gasteiger partial charge is 0.262 e. The molecule has 1 aromatic carbocycles. The highest BCUT2D eigenvalue weighted by atomic mass is 32.1. The summed E-state index contributed by atoms with van der Waals surface area (Å²) in [4.78, 5) is 31.3. The first-order valence-electron chi connectivity index (χ1n) is 8.69. The van der Waals surface area contributed by atoms with Gasteiger partial charge in [0, 0.05) is 4.88 Å². The summed E-state index contributed by atoms with van der Waals surface area (Å²) in [6.07, 6.45) is 6.93. The number of carbonyl (C=O) groups excluding carboxylic acids is 1. The highest BCUT2D eigenvalue weighted by molar-refractivity contribution is 7.18. The van der Waals surface area contributed by atoms with Crippen LogP contribution >= 0.6 is 11.3 Å². The predicted molar refractivity (Wildman–Crippen MR) is 103 cm³/mol. The van der Waals surface area contributed by atoms with Crippen LogP contribution in [0.1, 0.15) is 28.8 Å². The van der Waals surface area contributed by atoms with E-state index in [-0.39, 0.29) is 17.9 Å². The number of amides is 1. The Balaban J connectivity index is 1.49. The fourth-order valence-corrected chi connectivity index (χ4v) is 4.43. The molecule has 0 bridgehead atoms. The molecule has 4 rings (SSSR count). The van der Waals surface area contributed by atoms with E-state index in [1.165, 1.54) is 34.1 Å². The van der Waals surface area contributed by atoms with Gasteiger partial charge in [0.15, 0.2) is 0 Å². The molecule has 3 aromatic rings. The van der Waals surface area contributed by atoms with Crippen LogP contribution in [0.15, 0.2) is 40.5 Å². The van der Waals surface area contributed by atoms with Gasteiger partial charge < -0.3 is 0 Å². The minimum Gasteiger partial charge on any atom is -0.289 e. The molecule has 0 atom stereocenters. The van der Waals surface area contributed by atoms with Crippen LogP contribution in [-0.4, -0.2) is 21.7 Å². The average molecular weight is 384 g/mol. The summed E-state index contributed by atoms with van der Waals surface area (Å²) in [6.45, 7) is -0.160. The molecule has 0 spiro atoms. The predicted octanol–water partition coefficient (Wildman–Crippen LogP) is 2.63. The van der Waals surface area contributed by atoms with E-state index >= 15 is 0 Å². The largest absolute Gasteiger partial charge is 0.289 e. The Hall–Kier alpha value is -2.87. The summed E-state index contributed by atoms with van der Waals surface area (Å²) < 4.78 is 14.2. The molecule has 27 heavy (non-hydrogen) atoms. The lowest BCUT2D eigenvalue weighted by molar-refractivity contribution is -0.121. The van der Waals surface area contributed by atoms with E-state index in [0.717, 1.165) is 36.1 Å². The van der Waals surface area contributed by atoms with E-state index < -0.39 is 5.91 Å². The molecule has 0 radical (unpaired) electrons. The summed E-state index contributed by atoms with van der Waals surface area (Å²) in [5.41, 5.74) is 3.95. The van der Waals surface area contributed by atoms with Gasteiger partial charge in [0.2, 0.25) is 0 Å². The van der Waals surface area contributed by atoms with Crippen LogP contribution in [-0.2, 0) is 24.2 Å². The lowest BCUT2D eigenvalue weighted by atomic mass is 9.97. The van der Waals surface area contributed by atoms with E-state index in [1.54, 1.807) is 23.5 Å². The second kappa shape index (κ2) is 7.40. The fraction of sp³-hybridized carbons (Fsp3) is 0.263. The number of rotatable bonds is 4. The third kappa shape index (κ3) is 3.66. The highest BCUT2D eigenvalue weighted by Gasteiger charge is 2.20. The molecule has 0 aliphatic heterocycles. The number of benzene rings is 1. The maximum Gasteiger partial charge on any atom is 0.262 e. The summed E-state index contributed by atoms with van der Waals surface area (Å²) in [5, 5.41) is 4.49. The fourth-order valence-electron chi connectivity index (χ4n) is 3.21. The van der Waals surface area contributed by atoms with Crippen LogP contribution in [0.3, 0.4) is 0 Å². The van der Waals surface area contributed by atoms with Crippen molar-refractivity contribution in [2.75, 3.05) is 0 Å². The number of nitrogens with zero attached hydrogens (tertiary/aromatic N) is 3. The number of aryl methyl sites for hydroxylation is 2. The topological polar surface area (TPSA) is 76.3 Å². The van der Waals surface area contributed by atoms with Crippen molar-refractivity contribution in [2.45, 2.75) is 32.2 Å². The van der Waals surface area contributed by atoms with Gasteiger partial charge in [-0.2, -0.15) is 5.10 Å². The van der Waals surface area contributed by atoms with Crippen molar-refractivity contribution in [3.05, 3.63) is 62.8 Å². The second-order valence-electron chi connectivity index (χ2n) is 6.41. The van der Waals surface area contributed by atoms with Crippen LogP contribution < -0.4 is 11.0 Å². The molecule has 0 unspecified atom stereocenters. The van der Waals surface area contributed by atoms with Crippen LogP contribution in [0.4, 0.5) is 4.39 Å². The molecule has 1 aliphatic rings. The number of halogens is 1. The van der Waals surface area contributed by atoms with Gasteiger partial charge in [-0.3, -0.25) is 14.2 Å². The third-order valence-corrected chi connectivity index (χ3v) is 5.73. The zero-order valence-corrected chi connectivity index (χ0v) is 15.3. The first-order chi connectivity index (χ1) is 13.1. The third-order valence-electron chi connectivity index (χ3n) is 4.53. The van der Waals surface area contributed by atoms with Crippen LogP contribution in [0.25, 0.3) is 10.2 Å². The second-order valence-corrected chi connectivity index (χ2v) is 7.50. The summed E-state index contributed by atoms with van der Waals surface area (Å²) in [7, 11) is 0. The molecule has 6 nitrogen and oxygen atoms in total. The van der Waals surface area contributed by atoms with Crippen LogP contribution in [0.5, 0.6) is 0 Å². The Morgan fingerprint density at radius 2 is 2.07 bits per heavy atom. The van der Waals surface area contributed by atoms with Crippen molar-refractivity contribution in [2.24, 2.45) is 5.10 Å². The number of thiophene rings is 1. The molecule has 138 valence electrons. The van der Waals surface area contributed by atoms with Gasteiger partial charge in [0.25, 0.3) is 11.5 Å². The summed E-state index contributed by atoms with van der Waals surface area (Å²) >= 11 is 1.58. The molecule has 2 heterocycles. The zero-order chi connectivity index (χ0) is 18.8. The minimum absolute atomic E-state index is 0.160. The molecule has 1 amide bonds. The van der Waals surface area contributed by atoms with Gasteiger partial charge in [0.05, 0.1) is 17.9 Å². The van der Waals surface area contributed by atoms with Gasteiger partial charge >= 0.3 is 0 Å². The SMILES string of the molecule is O=C(Cn1cnc2sc3c(c2c1=O)CCCC3)N/N=C/c1ccc(F)cc1. The number of carbonyl (C=O) groups is 1. The Labute approximate surface area is 158 Å². The lowest BCUT2D eigenvalue weighted by Gasteiger charge is -2.10. The minimum atomic E-state index is -0.430. The lowest BCUT2D eigenvalue weighted by Crippen LogP contribution is -2.30. The molecule has 0 fully saturated rings. The van der Waals surface area contributed by atoms with Crippen molar-refractivity contribution in [3.63, 3.8) is 0 Å². The van der Waals surface area contributed by atoms with Crippen molar-refractivity contribution in [3.8, 4) is 0 Å². The first-order valence-corrected chi connectivity index (χ1v) is 9.50. The molecule has 8 heteroatoms. The zero-order valence-electron chi connectivity index (χ0n) is 14.4. The number of aromatic nitrogens is 2. The van der Waals surface area contributed by atoms with Gasteiger partial charge in [-0.25, -0.2) is 14.8 Å². The maximum atomic E-state index is 12.9. The highest BCUT2D eigenvalue weighted by Crippen LogP contribution is 2.33. The number of nitrogens with one attached hydrogen (secondary N) is 1. The van der Waals surface area contributed by atoms with Crippen LogP contribution in [0, 0.1) is 5.82 Å². The van der Waals surface area contributed by atoms with Crippen LogP contribution in [0.2, 0.25) is 0 Å². The normalized spacial score (nSPS) is 13.8. The standard InChI is InChI=1S/C19H17FN4O2S/c20-13-7-5-12(6-8-13)9-22-23-16(25)10-24-11-21-18-17(19(24)26)14-3-1-2-4-15(14)27-18/h5-9,11H,1-4,10H2,(H,23,25)/b22-9+. The van der Waals surface area contributed by atoms with E-state index in [1.807, 2.05) is 0 Å². The molecule has 1 N–H and O–H groups in total. The van der Waals surface area contributed by atoms with E-state index in [0.29, 0.717) is 10.9 Å². The van der Waals surface area contributed by atoms with E-state index in [2.05, 4.69) is 15.5 Å². The van der Waals surface area contributed by atoms with E-state index in [9.17, 15) is 14.0 Å². The Bertz CT molecular complexity index is 1090. The number of hydrogen-bond donors (Lipinski definition) is 1. The van der Waals surface area contributed by atoms with Gasteiger partial charge in [-0.15, -0.1) is 11.3 Å². The van der Waals surface area contributed by atoms with Crippen molar-refractivity contribution in [1.82, 2.24) is 15.0 Å². The van der Waals surface area contributed by atoms with Gasteiger partial charge in [-0.05, 0) is 48.9 Å². The van der Waals surface area contributed by atoms with E-state index in [4.69, 9.17) is 0 Å².